The van der Waals surface area contributed by atoms with Gasteiger partial charge in [-0.1, -0.05) is 23.4 Å². The number of nitrogens with one attached hydrogen (secondary N) is 1. The Morgan fingerprint density at radius 2 is 1.91 bits per heavy atom. The number of esters is 1. The summed E-state index contributed by atoms with van der Waals surface area (Å²) in [5.41, 5.74) is 7.34. The zero-order valence-electron chi connectivity index (χ0n) is 26.5. The summed E-state index contributed by atoms with van der Waals surface area (Å²) in [6.45, 7) is 0.797. The summed E-state index contributed by atoms with van der Waals surface area (Å²) in [6.07, 6.45) is 7.62. The van der Waals surface area contributed by atoms with Gasteiger partial charge >= 0.3 is 5.97 Å². The molecule has 47 heavy (non-hydrogen) atoms. The number of ether oxygens (including phenoxy) is 2. The Kier molecular flexibility index (Phi) is 9.69. The molecule has 1 saturated carbocycles. The first-order valence-electron chi connectivity index (χ1n) is 15.5. The Bertz CT molecular complexity index is 1610. The van der Waals surface area contributed by atoms with Crippen molar-refractivity contribution >= 4 is 51.8 Å². The van der Waals surface area contributed by atoms with Gasteiger partial charge < -0.3 is 35.0 Å². The fourth-order valence-corrected chi connectivity index (χ4v) is 9.22. The van der Waals surface area contributed by atoms with Crippen LogP contribution in [0.25, 0.3) is 0 Å². The molecule has 1 amide bonds. The van der Waals surface area contributed by atoms with E-state index >= 15 is 0 Å². The number of oxime groups is 1. The number of nitrogens with zero attached hydrogens (tertiary/aromatic N) is 4. The van der Waals surface area contributed by atoms with Crippen molar-refractivity contribution in [3.8, 4) is 5.75 Å². The smallest absolute Gasteiger partial charge is 0.335 e. The van der Waals surface area contributed by atoms with Crippen LogP contribution >= 0.6 is 23.3 Å². The van der Waals surface area contributed by atoms with Gasteiger partial charge in [-0.2, -0.15) is 21.1 Å². The highest BCUT2D eigenvalue weighted by atomic mass is 32.2. The zero-order valence-corrected chi connectivity index (χ0v) is 28.1. The number of methoxy groups -OCH3 is 1. The Labute approximate surface area is 281 Å². The number of aliphatic hydroxyl groups excluding tert-OH is 1. The van der Waals surface area contributed by atoms with Crippen LogP contribution in [0.3, 0.4) is 0 Å². The fraction of sp³-hybridized carbons (Fsp3) is 0.500. The zero-order chi connectivity index (χ0) is 33.3. The summed E-state index contributed by atoms with van der Waals surface area (Å²) in [5, 5.41) is 16.6. The highest BCUT2D eigenvalue weighted by Crippen LogP contribution is 2.47. The number of benzene rings is 1. The number of nitrogens with two attached hydrogens (primary N) is 1. The third-order valence-corrected chi connectivity index (χ3v) is 11.8. The van der Waals surface area contributed by atoms with Gasteiger partial charge in [-0.15, -0.1) is 0 Å². The van der Waals surface area contributed by atoms with Crippen molar-refractivity contribution in [1.29, 1.82) is 0 Å². The van der Waals surface area contributed by atoms with Crippen LogP contribution in [0, 0.1) is 5.92 Å². The normalized spacial score (nSPS) is 30.1. The SMILES string of the molecule is CO/N=C(\C(=O)N[C@@H]1C(=O)C2C(C(=O)OCc3ccc(OC)cc3)=C(/C=C/C[N+]3(C)[C@@H]4CC[C@H]3CC(O)C4)CS[C@@H]21)c1nsc(N)n1. The van der Waals surface area contributed by atoms with E-state index in [9.17, 15) is 19.5 Å². The molecule has 15 heteroatoms. The molecule has 250 valence electrons. The minimum absolute atomic E-state index is 0.00500. The van der Waals surface area contributed by atoms with Crippen molar-refractivity contribution < 1.29 is 38.3 Å². The number of piperidine rings is 1. The number of anilines is 1. The molecule has 3 fully saturated rings. The molecule has 2 saturated heterocycles. The highest BCUT2D eigenvalue weighted by Gasteiger charge is 2.57. The van der Waals surface area contributed by atoms with Crippen molar-refractivity contribution in [1.82, 2.24) is 14.7 Å². The number of hydrogen-bond donors (Lipinski definition) is 3. The molecule has 13 nitrogen and oxygen atoms in total. The molecular formula is C32H39N6O7S2+. The van der Waals surface area contributed by atoms with Gasteiger partial charge in [0, 0.05) is 48.2 Å². The molecule has 2 bridgehead atoms. The number of thioether (sulfide) groups is 1. The van der Waals surface area contributed by atoms with Gasteiger partial charge in [0.05, 0.1) is 50.4 Å². The lowest BCUT2D eigenvalue weighted by Crippen LogP contribution is -2.66. The standard InChI is InChI=1S/C32H38N6O7S2/c1-38(19-8-9-20(38)14-21(39)13-19)12-4-5-18-16-46-28-24(23(18)31(42)45-15-17-6-10-22(43-2)11-7-17)27(40)25(28)34-30(41)26(36-44-3)29-35-32(33)47-37-29/h4-7,10-11,19-21,24-25,28,39H,8-9,12-16H2,1-3H3,(H2-,33,34,35,37,41)/p+1/b5-4+,36-26-/t19-,20+,21?,24?,25-,28+,38?/m1/s1. The number of amides is 1. The van der Waals surface area contributed by atoms with Gasteiger partial charge in [0.15, 0.2) is 10.9 Å². The molecule has 0 spiro atoms. The molecule has 2 aromatic rings. The number of fused-ring (bicyclic) bond motifs is 3. The molecule has 4 N–H and O–H groups in total. The summed E-state index contributed by atoms with van der Waals surface area (Å²) >= 11 is 2.42. The van der Waals surface area contributed by atoms with Crippen molar-refractivity contribution in [3.05, 3.63) is 59.0 Å². The van der Waals surface area contributed by atoms with Gasteiger partial charge in [-0.3, -0.25) is 9.59 Å². The van der Waals surface area contributed by atoms with E-state index in [0.717, 1.165) is 59.4 Å². The van der Waals surface area contributed by atoms with Crippen molar-refractivity contribution in [2.24, 2.45) is 11.1 Å². The summed E-state index contributed by atoms with van der Waals surface area (Å²) < 4.78 is 15.9. The molecule has 4 aliphatic rings. The van der Waals surface area contributed by atoms with E-state index < -0.39 is 23.8 Å². The van der Waals surface area contributed by atoms with Gasteiger partial charge in [0.25, 0.3) is 5.91 Å². The number of allylic oxidation sites excluding steroid dienone is 1. The molecule has 6 rings (SSSR count). The third-order valence-electron chi connectivity index (χ3n) is 9.85. The average Bonchev–Trinajstić information content (AvgIpc) is 3.54. The maximum atomic E-state index is 13.7. The molecular weight excluding hydrogens is 645 g/mol. The number of carbonyl (C=O) groups excluding carboxylic acids is 3. The van der Waals surface area contributed by atoms with Crippen LogP contribution in [-0.2, 0) is 30.6 Å². The number of nitrogen functional groups attached to an aromatic ring is 1. The predicted octanol–water partition coefficient (Wildman–Crippen LogP) is 2.01. The van der Waals surface area contributed by atoms with Crippen LogP contribution in [0.5, 0.6) is 5.75 Å². The predicted molar refractivity (Wildman–Crippen MR) is 177 cm³/mol. The summed E-state index contributed by atoms with van der Waals surface area (Å²) in [4.78, 5) is 49.5. The van der Waals surface area contributed by atoms with Crippen LogP contribution in [0.15, 0.2) is 52.7 Å². The van der Waals surface area contributed by atoms with Crippen molar-refractivity contribution in [2.75, 3.05) is 39.3 Å². The second kappa shape index (κ2) is 13.7. The monoisotopic (exact) mass is 683 g/mol. The van der Waals surface area contributed by atoms with Gasteiger partial charge in [0.1, 0.15) is 25.5 Å². The quantitative estimate of drug-likeness (QED) is 0.137. The number of rotatable bonds is 11. The van der Waals surface area contributed by atoms with Gasteiger partial charge in [-0.25, -0.2) is 4.79 Å². The molecule has 4 heterocycles. The van der Waals surface area contributed by atoms with E-state index in [4.69, 9.17) is 20.0 Å². The number of likely N-dealkylation sites (N-methyl/N-ethyl adjacent to an activating group) is 1. The topological polar surface area (TPSA) is 175 Å². The van der Waals surface area contributed by atoms with Crippen LogP contribution in [0.1, 0.15) is 37.1 Å². The first-order valence-corrected chi connectivity index (χ1v) is 17.3. The number of aromatic nitrogens is 2. The van der Waals surface area contributed by atoms with E-state index in [1.54, 1.807) is 19.2 Å². The molecule has 3 aliphatic heterocycles. The van der Waals surface area contributed by atoms with Crippen molar-refractivity contribution in [2.45, 2.75) is 61.8 Å². The van der Waals surface area contributed by atoms with Crippen molar-refractivity contribution in [3.63, 3.8) is 0 Å². The van der Waals surface area contributed by atoms with E-state index in [1.165, 1.54) is 18.9 Å². The number of hydrogen-bond acceptors (Lipinski definition) is 13. The van der Waals surface area contributed by atoms with Crippen LogP contribution < -0.4 is 15.8 Å². The average molecular weight is 684 g/mol. The largest absolute Gasteiger partial charge is 0.497 e. The summed E-state index contributed by atoms with van der Waals surface area (Å²) in [5.74, 6) is -1.13. The molecule has 7 atom stereocenters. The van der Waals surface area contributed by atoms with E-state index in [-0.39, 0.29) is 40.4 Å². The number of ketones is 1. The van der Waals surface area contributed by atoms with Crippen LogP contribution in [0.2, 0.25) is 0 Å². The molecule has 1 aromatic heterocycles. The van der Waals surface area contributed by atoms with Crippen LogP contribution in [-0.4, -0.2) is 105 Å². The van der Waals surface area contributed by atoms with E-state index in [0.29, 0.717) is 29.2 Å². The lowest BCUT2D eigenvalue weighted by Gasteiger charge is -2.46. The first-order chi connectivity index (χ1) is 22.6. The molecule has 1 aliphatic carbocycles. The van der Waals surface area contributed by atoms with E-state index in [1.807, 2.05) is 18.2 Å². The summed E-state index contributed by atoms with van der Waals surface area (Å²) in [7, 11) is 5.12. The minimum atomic E-state index is -0.856. The second-order valence-electron chi connectivity index (χ2n) is 12.5. The second-order valence-corrected chi connectivity index (χ2v) is 14.4. The fourth-order valence-electron chi connectivity index (χ4n) is 7.30. The van der Waals surface area contributed by atoms with E-state index in [2.05, 4.69) is 33.0 Å². The number of Topliss-reactive ketones (excluding diaryl/α,β-unsaturated/α-hetero) is 1. The molecule has 0 radical (unpaired) electrons. The van der Waals surface area contributed by atoms with Gasteiger partial charge in [0.2, 0.25) is 11.5 Å². The highest BCUT2D eigenvalue weighted by molar-refractivity contribution is 8.00. The lowest BCUT2D eigenvalue weighted by atomic mass is 9.71. The van der Waals surface area contributed by atoms with Crippen LogP contribution in [0.4, 0.5) is 5.13 Å². The molecule has 1 aromatic carbocycles. The Morgan fingerprint density at radius 3 is 2.55 bits per heavy atom. The molecule has 3 unspecified atom stereocenters. The minimum Gasteiger partial charge on any atom is -0.497 e. The number of quaternary nitrogens is 1. The number of carbonyl (C=O) groups is 3. The Morgan fingerprint density at radius 1 is 1.19 bits per heavy atom. The lowest BCUT2D eigenvalue weighted by molar-refractivity contribution is -0.944. The summed E-state index contributed by atoms with van der Waals surface area (Å²) in [6, 6.07) is 7.17. The maximum absolute atomic E-state index is 13.7. The first kappa shape index (κ1) is 33.1. The Hall–Kier alpha value is -3.79. The third kappa shape index (κ3) is 6.53. The maximum Gasteiger partial charge on any atom is 0.335 e. The Balaban J connectivity index is 1.22. The number of aliphatic hydroxyl groups is 1. The van der Waals surface area contributed by atoms with Gasteiger partial charge in [-0.05, 0) is 29.3 Å².